The molecular formula is C23H19Br2NO4. The number of carbonyl (C=O) groups excluding carboxylic acids is 2. The predicted molar refractivity (Wildman–Crippen MR) is 121 cm³/mol. The summed E-state index contributed by atoms with van der Waals surface area (Å²) in [6, 6.07) is 8.89. The highest BCUT2D eigenvalue weighted by molar-refractivity contribution is 9.11. The van der Waals surface area contributed by atoms with Crippen molar-refractivity contribution in [3.8, 4) is 11.5 Å². The average Bonchev–Trinajstić information content (AvgIpc) is 2.69. The molecule has 30 heavy (non-hydrogen) atoms. The van der Waals surface area contributed by atoms with Crippen LogP contribution < -0.4 is 9.47 Å². The number of aryl methyl sites for hydroxylation is 4. The third-order valence-electron chi connectivity index (χ3n) is 4.35. The monoisotopic (exact) mass is 531 g/mol. The Morgan fingerprint density at radius 2 is 1.10 bits per heavy atom. The van der Waals surface area contributed by atoms with Crippen LogP contribution in [0.25, 0.3) is 0 Å². The van der Waals surface area contributed by atoms with Crippen molar-refractivity contribution in [2.24, 2.45) is 0 Å². The van der Waals surface area contributed by atoms with Crippen LogP contribution in [-0.2, 0) is 0 Å². The number of rotatable bonds is 4. The van der Waals surface area contributed by atoms with E-state index in [4.69, 9.17) is 9.47 Å². The lowest BCUT2D eigenvalue weighted by Crippen LogP contribution is -2.14. The molecule has 1 heterocycles. The molecule has 0 fully saturated rings. The van der Waals surface area contributed by atoms with Gasteiger partial charge in [-0.05, 0) is 100 Å². The van der Waals surface area contributed by atoms with Crippen LogP contribution in [0.4, 0.5) is 0 Å². The lowest BCUT2D eigenvalue weighted by molar-refractivity contribution is 0.0733. The van der Waals surface area contributed by atoms with E-state index in [1.54, 1.807) is 12.1 Å². The summed E-state index contributed by atoms with van der Waals surface area (Å²) in [5.41, 5.74) is 4.13. The lowest BCUT2D eigenvalue weighted by atomic mass is 10.1. The summed E-state index contributed by atoms with van der Waals surface area (Å²) in [6.07, 6.45) is 2.70. The standard InChI is InChI=1S/C23H19Br2NO4/c1-12-5-14(3)20(24)18(7-12)29-22(27)16-9-17(11-26-10-16)23(28)30-19-8-13(2)6-15(4)21(19)25/h5-11H,1-4H3. The number of nitrogens with zero attached hydrogens (tertiary/aromatic N) is 1. The summed E-state index contributed by atoms with van der Waals surface area (Å²) in [4.78, 5) is 29.2. The van der Waals surface area contributed by atoms with Crippen LogP contribution in [0.5, 0.6) is 11.5 Å². The van der Waals surface area contributed by atoms with Gasteiger partial charge in [0.1, 0.15) is 11.5 Å². The number of esters is 2. The topological polar surface area (TPSA) is 65.5 Å². The first-order valence-corrected chi connectivity index (χ1v) is 10.7. The highest BCUT2D eigenvalue weighted by Crippen LogP contribution is 2.31. The van der Waals surface area contributed by atoms with E-state index >= 15 is 0 Å². The molecule has 0 atom stereocenters. The Morgan fingerprint density at radius 1 is 0.700 bits per heavy atom. The van der Waals surface area contributed by atoms with Gasteiger partial charge in [0.05, 0.1) is 20.1 Å². The molecule has 3 rings (SSSR count). The molecule has 1 aromatic heterocycles. The Balaban J connectivity index is 1.82. The third kappa shape index (κ3) is 4.96. The number of carbonyl (C=O) groups is 2. The highest BCUT2D eigenvalue weighted by atomic mass is 79.9. The number of ether oxygens (including phenoxy) is 2. The fourth-order valence-corrected chi connectivity index (χ4v) is 3.57. The molecule has 0 aliphatic carbocycles. The quantitative estimate of drug-likeness (QED) is 0.292. The van der Waals surface area contributed by atoms with Crippen molar-refractivity contribution in [2.45, 2.75) is 27.7 Å². The van der Waals surface area contributed by atoms with Crippen molar-refractivity contribution in [1.82, 2.24) is 4.98 Å². The Hall–Kier alpha value is -2.51. The molecule has 0 aliphatic rings. The predicted octanol–water partition coefficient (Wildman–Crippen LogP) is 6.28. The molecule has 0 N–H and O–H groups in total. The molecule has 0 bridgehead atoms. The van der Waals surface area contributed by atoms with E-state index in [1.807, 2.05) is 39.8 Å². The second-order valence-electron chi connectivity index (χ2n) is 7.03. The maximum Gasteiger partial charge on any atom is 0.345 e. The molecule has 3 aromatic rings. The van der Waals surface area contributed by atoms with Crippen LogP contribution in [0.1, 0.15) is 43.0 Å². The van der Waals surface area contributed by atoms with Crippen LogP contribution in [0.2, 0.25) is 0 Å². The van der Waals surface area contributed by atoms with Gasteiger partial charge in [0, 0.05) is 12.4 Å². The fraction of sp³-hybridized carbons (Fsp3) is 0.174. The van der Waals surface area contributed by atoms with Crippen molar-refractivity contribution < 1.29 is 19.1 Å². The first-order chi connectivity index (χ1) is 14.2. The Morgan fingerprint density at radius 3 is 1.50 bits per heavy atom. The first kappa shape index (κ1) is 22.2. The van der Waals surface area contributed by atoms with E-state index in [-0.39, 0.29) is 11.1 Å². The second-order valence-corrected chi connectivity index (χ2v) is 8.62. The highest BCUT2D eigenvalue weighted by Gasteiger charge is 2.18. The zero-order valence-corrected chi connectivity index (χ0v) is 20.0. The molecule has 2 aromatic carbocycles. The fourth-order valence-electron chi connectivity index (χ4n) is 2.95. The second kappa shape index (κ2) is 9.10. The Bertz CT molecular complexity index is 1070. The van der Waals surface area contributed by atoms with Crippen LogP contribution in [0.3, 0.4) is 0 Å². The minimum Gasteiger partial charge on any atom is -0.422 e. The van der Waals surface area contributed by atoms with Gasteiger partial charge < -0.3 is 9.47 Å². The van der Waals surface area contributed by atoms with Crippen molar-refractivity contribution in [3.63, 3.8) is 0 Å². The van der Waals surface area contributed by atoms with E-state index in [1.165, 1.54) is 18.5 Å². The first-order valence-electron chi connectivity index (χ1n) is 9.08. The van der Waals surface area contributed by atoms with Crippen molar-refractivity contribution in [3.05, 3.63) is 85.1 Å². The van der Waals surface area contributed by atoms with Gasteiger partial charge in [0.15, 0.2) is 0 Å². The molecule has 0 aliphatic heterocycles. The maximum absolute atomic E-state index is 12.6. The molecule has 0 spiro atoms. The molecule has 0 saturated carbocycles. The number of hydrogen-bond acceptors (Lipinski definition) is 5. The molecule has 0 amide bonds. The third-order valence-corrected chi connectivity index (χ3v) is 6.38. The van der Waals surface area contributed by atoms with Gasteiger partial charge in [-0.1, -0.05) is 12.1 Å². The van der Waals surface area contributed by atoms with Crippen LogP contribution in [0, 0.1) is 27.7 Å². The van der Waals surface area contributed by atoms with Gasteiger partial charge in [-0.2, -0.15) is 0 Å². The van der Waals surface area contributed by atoms with E-state index in [2.05, 4.69) is 36.8 Å². The minimum atomic E-state index is -0.615. The van der Waals surface area contributed by atoms with Crippen molar-refractivity contribution in [1.29, 1.82) is 0 Å². The van der Waals surface area contributed by atoms with Crippen LogP contribution >= 0.6 is 31.9 Å². The molecule has 7 heteroatoms. The molecule has 0 saturated heterocycles. The molecule has 0 radical (unpaired) electrons. The summed E-state index contributed by atoms with van der Waals surface area (Å²) in [7, 11) is 0. The van der Waals surface area contributed by atoms with Crippen LogP contribution in [-0.4, -0.2) is 16.9 Å². The minimum absolute atomic E-state index is 0.148. The van der Waals surface area contributed by atoms with Gasteiger partial charge in [-0.25, -0.2) is 9.59 Å². The Kier molecular flexibility index (Phi) is 6.73. The lowest BCUT2D eigenvalue weighted by Gasteiger charge is -2.11. The molecular weight excluding hydrogens is 514 g/mol. The van der Waals surface area contributed by atoms with E-state index in [9.17, 15) is 9.59 Å². The number of halogens is 2. The SMILES string of the molecule is Cc1cc(C)c(Br)c(OC(=O)c2cncc(C(=O)Oc3cc(C)cc(C)c3Br)c2)c1. The molecule has 0 unspecified atom stereocenters. The van der Waals surface area contributed by atoms with E-state index in [0.29, 0.717) is 20.4 Å². The largest absolute Gasteiger partial charge is 0.422 e. The van der Waals surface area contributed by atoms with E-state index < -0.39 is 11.9 Å². The Labute approximate surface area is 191 Å². The number of hydrogen-bond donors (Lipinski definition) is 0. The summed E-state index contributed by atoms with van der Waals surface area (Å²) < 4.78 is 12.4. The molecule has 5 nitrogen and oxygen atoms in total. The summed E-state index contributed by atoms with van der Waals surface area (Å²) in [5, 5.41) is 0. The van der Waals surface area contributed by atoms with Crippen molar-refractivity contribution >= 4 is 43.8 Å². The summed E-state index contributed by atoms with van der Waals surface area (Å²) in [5.74, 6) is -0.417. The summed E-state index contributed by atoms with van der Waals surface area (Å²) in [6.45, 7) is 7.66. The van der Waals surface area contributed by atoms with Crippen LogP contribution in [0.15, 0.2) is 51.7 Å². The van der Waals surface area contributed by atoms with Crippen molar-refractivity contribution in [2.75, 3.05) is 0 Å². The molecule has 154 valence electrons. The summed E-state index contributed by atoms with van der Waals surface area (Å²) >= 11 is 6.87. The zero-order valence-electron chi connectivity index (χ0n) is 16.9. The number of aromatic nitrogens is 1. The number of benzene rings is 2. The van der Waals surface area contributed by atoms with Gasteiger partial charge >= 0.3 is 11.9 Å². The maximum atomic E-state index is 12.6. The number of pyridine rings is 1. The van der Waals surface area contributed by atoms with Gasteiger partial charge in [0.2, 0.25) is 0 Å². The average molecular weight is 533 g/mol. The van der Waals surface area contributed by atoms with Gasteiger partial charge in [-0.15, -0.1) is 0 Å². The van der Waals surface area contributed by atoms with E-state index in [0.717, 1.165) is 22.3 Å². The van der Waals surface area contributed by atoms with Gasteiger partial charge in [0.25, 0.3) is 0 Å². The smallest absolute Gasteiger partial charge is 0.345 e. The van der Waals surface area contributed by atoms with Gasteiger partial charge in [-0.3, -0.25) is 4.98 Å². The normalized spacial score (nSPS) is 10.6. The zero-order chi connectivity index (χ0) is 22.0.